The first-order valence-electron chi connectivity index (χ1n) is 5.70. The third-order valence-corrected chi connectivity index (χ3v) is 4.35. The number of allylic oxidation sites excluding steroid dienone is 1. The molecule has 3 aliphatic rings. The fourth-order valence-corrected chi connectivity index (χ4v) is 3.69. The first kappa shape index (κ1) is 9.34. The van der Waals surface area contributed by atoms with E-state index in [2.05, 4.69) is 6.92 Å². The highest BCUT2D eigenvalue weighted by atomic mass is 16.3. The number of ketones is 1. The van der Waals surface area contributed by atoms with E-state index in [1.807, 2.05) is 13.0 Å². The molecule has 15 heavy (non-hydrogen) atoms. The minimum absolute atomic E-state index is 0.117. The van der Waals surface area contributed by atoms with Crippen molar-refractivity contribution in [3.05, 3.63) is 23.3 Å². The molecule has 0 spiro atoms. The van der Waals surface area contributed by atoms with Crippen LogP contribution in [0.1, 0.15) is 26.7 Å². The normalized spacial score (nSPS) is 47.7. The molecule has 2 heteroatoms. The minimum atomic E-state index is -0.883. The molecule has 0 saturated heterocycles. The Kier molecular flexibility index (Phi) is 1.63. The van der Waals surface area contributed by atoms with Crippen LogP contribution in [0.5, 0.6) is 0 Å². The van der Waals surface area contributed by atoms with Gasteiger partial charge in [-0.05, 0) is 37.3 Å². The van der Waals surface area contributed by atoms with Crippen LogP contribution in [0.2, 0.25) is 0 Å². The van der Waals surface area contributed by atoms with Crippen molar-refractivity contribution in [2.45, 2.75) is 32.3 Å². The molecule has 1 saturated carbocycles. The van der Waals surface area contributed by atoms with Crippen LogP contribution in [0.25, 0.3) is 0 Å². The average Bonchev–Trinajstić information content (AvgIpc) is 2.71. The number of fused-ring (bicyclic) bond motifs is 3. The van der Waals surface area contributed by atoms with Gasteiger partial charge >= 0.3 is 0 Å². The summed E-state index contributed by atoms with van der Waals surface area (Å²) in [6.07, 6.45) is 6.04. The van der Waals surface area contributed by atoms with Crippen LogP contribution < -0.4 is 0 Å². The Labute approximate surface area is 89.7 Å². The summed E-state index contributed by atoms with van der Waals surface area (Å²) in [6.45, 7) is 3.99. The zero-order valence-electron chi connectivity index (χ0n) is 9.16. The van der Waals surface area contributed by atoms with Gasteiger partial charge < -0.3 is 5.11 Å². The van der Waals surface area contributed by atoms with E-state index >= 15 is 0 Å². The molecule has 1 fully saturated rings. The van der Waals surface area contributed by atoms with Crippen LogP contribution in [-0.2, 0) is 4.79 Å². The number of carbonyl (C=O) groups is 1. The Morgan fingerprint density at radius 1 is 1.53 bits per heavy atom. The lowest BCUT2D eigenvalue weighted by atomic mass is 9.79. The van der Waals surface area contributed by atoms with Gasteiger partial charge in [0.2, 0.25) is 0 Å². The summed E-state index contributed by atoms with van der Waals surface area (Å²) in [7, 11) is 0. The molecule has 0 heterocycles. The predicted molar refractivity (Wildman–Crippen MR) is 57.2 cm³/mol. The molecule has 4 atom stereocenters. The van der Waals surface area contributed by atoms with Gasteiger partial charge in [-0.1, -0.05) is 18.6 Å². The number of aliphatic hydroxyl groups is 1. The zero-order chi connectivity index (χ0) is 10.8. The van der Waals surface area contributed by atoms with Crippen LogP contribution in [0.3, 0.4) is 0 Å². The molecule has 2 nitrogen and oxygen atoms in total. The second kappa shape index (κ2) is 2.62. The monoisotopic (exact) mass is 204 g/mol. The third kappa shape index (κ3) is 0.957. The second-order valence-corrected chi connectivity index (χ2v) is 5.29. The Hall–Kier alpha value is -0.890. The Morgan fingerprint density at radius 2 is 2.27 bits per heavy atom. The quantitative estimate of drug-likeness (QED) is 0.611. The molecule has 80 valence electrons. The van der Waals surface area contributed by atoms with E-state index in [-0.39, 0.29) is 17.6 Å². The number of hydrogen-bond acceptors (Lipinski definition) is 2. The molecule has 0 bridgehead atoms. The highest BCUT2D eigenvalue weighted by Crippen LogP contribution is 2.55. The molecule has 0 unspecified atom stereocenters. The first-order chi connectivity index (χ1) is 7.04. The number of rotatable bonds is 0. The molecular formula is C13H16O2. The highest BCUT2D eigenvalue weighted by Gasteiger charge is 2.57. The fourth-order valence-electron chi connectivity index (χ4n) is 3.69. The van der Waals surface area contributed by atoms with Gasteiger partial charge in [-0.2, -0.15) is 0 Å². The summed E-state index contributed by atoms with van der Waals surface area (Å²) >= 11 is 0. The summed E-state index contributed by atoms with van der Waals surface area (Å²) in [4.78, 5) is 11.9. The van der Waals surface area contributed by atoms with Gasteiger partial charge in [0.25, 0.3) is 0 Å². The van der Waals surface area contributed by atoms with Crippen LogP contribution in [0, 0.1) is 17.8 Å². The summed E-state index contributed by atoms with van der Waals surface area (Å²) in [5.74, 6) is 0.539. The summed E-state index contributed by atoms with van der Waals surface area (Å²) in [5, 5.41) is 10.7. The molecular weight excluding hydrogens is 188 g/mol. The van der Waals surface area contributed by atoms with Crippen molar-refractivity contribution in [1.29, 1.82) is 0 Å². The molecule has 3 aliphatic carbocycles. The maximum absolute atomic E-state index is 11.9. The van der Waals surface area contributed by atoms with Gasteiger partial charge in [0.1, 0.15) is 5.60 Å². The van der Waals surface area contributed by atoms with Gasteiger partial charge in [0.15, 0.2) is 5.78 Å². The maximum atomic E-state index is 11.9. The Bertz CT molecular complexity index is 405. The summed E-state index contributed by atoms with van der Waals surface area (Å²) in [5.41, 5.74) is 1.16. The molecule has 0 aliphatic heterocycles. The van der Waals surface area contributed by atoms with Crippen LogP contribution in [-0.4, -0.2) is 16.5 Å². The van der Waals surface area contributed by atoms with Crippen LogP contribution in [0.4, 0.5) is 0 Å². The molecule has 1 N–H and O–H groups in total. The molecule has 0 amide bonds. The zero-order valence-corrected chi connectivity index (χ0v) is 9.16. The molecule has 0 aromatic rings. The second-order valence-electron chi connectivity index (χ2n) is 5.29. The minimum Gasteiger partial charge on any atom is -0.384 e. The van der Waals surface area contributed by atoms with Gasteiger partial charge in [-0.15, -0.1) is 0 Å². The Morgan fingerprint density at radius 3 is 3.00 bits per heavy atom. The standard InChI is InChI=1S/C13H16O2/c1-7-3-4-9-5-10-12(14)8(2)6-13(10,15)11(7)9/h5-7,10-11,15H,3-4H2,1-2H3/t7-,10-,11-,13-/m1/s1. The van der Waals surface area contributed by atoms with Crippen molar-refractivity contribution < 1.29 is 9.90 Å². The third-order valence-electron chi connectivity index (χ3n) is 4.35. The van der Waals surface area contributed by atoms with E-state index in [0.717, 1.165) is 18.4 Å². The van der Waals surface area contributed by atoms with Crippen molar-refractivity contribution in [3.8, 4) is 0 Å². The highest BCUT2D eigenvalue weighted by molar-refractivity contribution is 6.02. The van der Waals surface area contributed by atoms with Gasteiger partial charge in [-0.3, -0.25) is 4.79 Å². The number of carbonyl (C=O) groups excluding carboxylic acids is 1. The lowest BCUT2D eigenvalue weighted by Crippen LogP contribution is -2.40. The average molecular weight is 204 g/mol. The molecule has 3 rings (SSSR count). The summed E-state index contributed by atoms with van der Waals surface area (Å²) < 4.78 is 0. The van der Waals surface area contributed by atoms with E-state index in [1.54, 1.807) is 6.08 Å². The SMILES string of the molecule is CC1=C[C@@]2(O)[C@H](C=C3CC[C@@H](C)[C@H]32)C1=O. The first-order valence-corrected chi connectivity index (χ1v) is 5.70. The Balaban J connectivity index is 2.10. The van der Waals surface area contributed by atoms with Crippen molar-refractivity contribution >= 4 is 5.78 Å². The lowest BCUT2D eigenvalue weighted by Gasteiger charge is -2.30. The van der Waals surface area contributed by atoms with Gasteiger partial charge in [0, 0.05) is 5.92 Å². The number of Topliss-reactive ketones (excluding diaryl/α,β-unsaturated/α-hetero) is 1. The predicted octanol–water partition coefficient (Wildman–Crippen LogP) is 1.85. The van der Waals surface area contributed by atoms with Crippen molar-refractivity contribution in [3.63, 3.8) is 0 Å². The van der Waals surface area contributed by atoms with Crippen LogP contribution in [0.15, 0.2) is 23.3 Å². The fraction of sp³-hybridized carbons (Fsp3) is 0.615. The smallest absolute Gasteiger partial charge is 0.168 e. The number of hydrogen-bond donors (Lipinski definition) is 1. The summed E-state index contributed by atoms with van der Waals surface area (Å²) in [6, 6.07) is 0. The van der Waals surface area contributed by atoms with E-state index < -0.39 is 5.60 Å². The molecule has 0 aromatic carbocycles. The molecule has 0 aromatic heterocycles. The van der Waals surface area contributed by atoms with Crippen LogP contribution >= 0.6 is 0 Å². The maximum Gasteiger partial charge on any atom is 0.168 e. The van der Waals surface area contributed by atoms with Gasteiger partial charge in [0.05, 0.1) is 5.92 Å². The van der Waals surface area contributed by atoms with Crippen molar-refractivity contribution in [2.24, 2.45) is 17.8 Å². The van der Waals surface area contributed by atoms with E-state index in [4.69, 9.17) is 0 Å². The van der Waals surface area contributed by atoms with Gasteiger partial charge in [-0.25, -0.2) is 0 Å². The lowest BCUT2D eigenvalue weighted by molar-refractivity contribution is -0.121. The van der Waals surface area contributed by atoms with Crippen molar-refractivity contribution in [2.75, 3.05) is 0 Å². The van der Waals surface area contributed by atoms with Crippen molar-refractivity contribution in [1.82, 2.24) is 0 Å². The van der Waals surface area contributed by atoms with E-state index in [0.29, 0.717) is 5.92 Å². The molecule has 0 radical (unpaired) electrons. The largest absolute Gasteiger partial charge is 0.384 e. The van der Waals surface area contributed by atoms with E-state index in [1.165, 1.54) is 5.57 Å². The van der Waals surface area contributed by atoms with E-state index in [9.17, 15) is 9.90 Å². The topological polar surface area (TPSA) is 37.3 Å².